The van der Waals surface area contributed by atoms with E-state index in [-0.39, 0.29) is 0 Å². The smallest absolute Gasteiger partial charge is 0.111 e. The van der Waals surface area contributed by atoms with Gasteiger partial charge in [-0.3, -0.25) is 0 Å². The number of aryl methyl sites for hydroxylation is 2. The summed E-state index contributed by atoms with van der Waals surface area (Å²) >= 11 is 6.01. The van der Waals surface area contributed by atoms with Gasteiger partial charge < -0.3 is 4.57 Å². The van der Waals surface area contributed by atoms with Crippen molar-refractivity contribution in [3.8, 4) is 0 Å². The van der Waals surface area contributed by atoms with Crippen molar-refractivity contribution in [1.82, 2.24) is 9.55 Å². The van der Waals surface area contributed by atoms with Gasteiger partial charge in [0.05, 0.1) is 11.0 Å². The molecule has 114 valence electrons. The summed E-state index contributed by atoms with van der Waals surface area (Å²) in [7, 11) is 0. The highest BCUT2D eigenvalue weighted by molar-refractivity contribution is 6.17. The molecule has 1 aliphatic carbocycles. The van der Waals surface area contributed by atoms with Gasteiger partial charge in [-0.1, -0.05) is 26.3 Å². The first kappa shape index (κ1) is 14.9. The Morgan fingerprint density at radius 3 is 2.90 bits per heavy atom. The molecule has 3 heteroatoms. The molecule has 1 aromatic carbocycles. The van der Waals surface area contributed by atoms with Crippen molar-refractivity contribution in [3.63, 3.8) is 0 Å². The van der Waals surface area contributed by atoms with Crippen LogP contribution in [-0.2, 0) is 6.42 Å². The minimum absolute atomic E-state index is 0.433. The summed E-state index contributed by atoms with van der Waals surface area (Å²) in [6.07, 6.45) is 6.00. The molecule has 0 bridgehead atoms. The van der Waals surface area contributed by atoms with Crippen LogP contribution in [0.5, 0.6) is 0 Å². The van der Waals surface area contributed by atoms with Crippen LogP contribution in [0.1, 0.15) is 57.0 Å². The van der Waals surface area contributed by atoms with Crippen LogP contribution in [0, 0.1) is 12.3 Å². The lowest BCUT2D eigenvalue weighted by Gasteiger charge is -2.36. The summed E-state index contributed by atoms with van der Waals surface area (Å²) in [4.78, 5) is 4.86. The van der Waals surface area contributed by atoms with Crippen LogP contribution >= 0.6 is 11.6 Å². The van der Waals surface area contributed by atoms with E-state index in [4.69, 9.17) is 16.6 Å². The number of aromatic nitrogens is 2. The molecule has 0 radical (unpaired) electrons. The largest absolute Gasteiger partial charge is 0.325 e. The number of alkyl halides is 1. The first-order valence-corrected chi connectivity index (χ1v) is 8.57. The summed E-state index contributed by atoms with van der Waals surface area (Å²) in [5.41, 5.74) is 4.11. The molecule has 1 aromatic heterocycles. The fourth-order valence-electron chi connectivity index (χ4n) is 3.81. The Morgan fingerprint density at radius 1 is 1.38 bits per heavy atom. The zero-order valence-corrected chi connectivity index (χ0v) is 14.1. The van der Waals surface area contributed by atoms with Crippen molar-refractivity contribution in [3.05, 3.63) is 29.6 Å². The third kappa shape index (κ3) is 2.96. The summed E-state index contributed by atoms with van der Waals surface area (Å²) in [6.45, 7) is 6.91. The molecular formula is C18H25ClN2. The molecule has 21 heavy (non-hydrogen) atoms. The van der Waals surface area contributed by atoms with E-state index in [1.165, 1.54) is 36.8 Å². The average molecular weight is 305 g/mol. The van der Waals surface area contributed by atoms with Gasteiger partial charge in [-0.25, -0.2) is 4.98 Å². The van der Waals surface area contributed by atoms with Gasteiger partial charge in [0.25, 0.3) is 0 Å². The maximum atomic E-state index is 6.01. The van der Waals surface area contributed by atoms with Crippen molar-refractivity contribution in [1.29, 1.82) is 0 Å². The molecule has 0 aliphatic heterocycles. The van der Waals surface area contributed by atoms with E-state index < -0.39 is 0 Å². The lowest BCUT2D eigenvalue weighted by Crippen LogP contribution is -2.26. The van der Waals surface area contributed by atoms with Crippen molar-refractivity contribution < 1.29 is 0 Å². The van der Waals surface area contributed by atoms with Crippen molar-refractivity contribution in [2.45, 2.75) is 58.9 Å². The Hall–Kier alpha value is -1.02. The maximum absolute atomic E-state index is 6.01. The van der Waals surface area contributed by atoms with Crippen LogP contribution in [0.2, 0.25) is 0 Å². The monoisotopic (exact) mass is 304 g/mol. The molecule has 3 rings (SSSR count). The van der Waals surface area contributed by atoms with E-state index in [1.807, 2.05) is 0 Å². The Bertz CT molecular complexity index is 642. The predicted octanol–water partition coefficient (Wildman–Crippen LogP) is 5.27. The molecule has 1 heterocycles. The second-order valence-electron chi connectivity index (χ2n) is 7.24. The molecule has 1 atom stereocenters. The summed E-state index contributed by atoms with van der Waals surface area (Å²) in [6, 6.07) is 7.19. The molecule has 2 nitrogen and oxygen atoms in total. The van der Waals surface area contributed by atoms with Crippen molar-refractivity contribution >= 4 is 22.6 Å². The van der Waals surface area contributed by atoms with E-state index in [0.717, 1.165) is 17.8 Å². The number of hydrogen-bond acceptors (Lipinski definition) is 1. The molecule has 0 N–H and O–H groups in total. The fraction of sp³-hybridized carbons (Fsp3) is 0.611. The molecule has 2 aromatic rings. The van der Waals surface area contributed by atoms with Crippen molar-refractivity contribution in [2.75, 3.05) is 5.88 Å². The van der Waals surface area contributed by atoms with Crippen molar-refractivity contribution in [2.24, 2.45) is 5.41 Å². The van der Waals surface area contributed by atoms with Crippen LogP contribution < -0.4 is 0 Å². The van der Waals surface area contributed by atoms with Crippen LogP contribution in [0.3, 0.4) is 0 Å². The lowest BCUT2D eigenvalue weighted by molar-refractivity contribution is 0.184. The van der Waals surface area contributed by atoms with E-state index in [0.29, 0.717) is 17.3 Å². The van der Waals surface area contributed by atoms with Gasteiger partial charge in [0.1, 0.15) is 5.82 Å². The standard InChI is InChI=1S/C18H25ClN2/c1-13-6-7-16-15(11-13)20-17(8-10-19)21(16)14-5-4-9-18(2,3)12-14/h6-7,11,14H,4-5,8-10,12H2,1-3H3. The van der Waals surface area contributed by atoms with Gasteiger partial charge in [0, 0.05) is 18.3 Å². The average Bonchev–Trinajstić information content (AvgIpc) is 2.75. The Balaban J connectivity index is 2.08. The normalized spacial score (nSPS) is 21.8. The van der Waals surface area contributed by atoms with Crippen LogP contribution in [0.4, 0.5) is 0 Å². The third-order valence-electron chi connectivity index (χ3n) is 4.78. The zero-order valence-electron chi connectivity index (χ0n) is 13.3. The summed E-state index contributed by atoms with van der Waals surface area (Å²) in [5, 5.41) is 0. The molecule has 0 amide bonds. The Labute approximate surface area is 132 Å². The topological polar surface area (TPSA) is 17.8 Å². The predicted molar refractivity (Wildman–Crippen MR) is 90.2 cm³/mol. The number of halogens is 1. The highest BCUT2D eigenvalue weighted by Crippen LogP contribution is 2.42. The maximum Gasteiger partial charge on any atom is 0.111 e. The van der Waals surface area contributed by atoms with Gasteiger partial charge in [-0.2, -0.15) is 0 Å². The van der Waals surface area contributed by atoms with E-state index in [2.05, 4.69) is 43.5 Å². The van der Waals surface area contributed by atoms with E-state index in [1.54, 1.807) is 0 Å². The number of benzene rings is 1. The van der Waals surface area contributed by atoms with Crippen LogP contribution in [0.15, 0.2) is 18.2 Å². The molecule has 0 saturated heterocycles. The second kappa shape index (κ2) is 5.64. The highest BCUT2D eigenvalue weighted by Gasteiger charge is 2.30. The van der Waals surface area contributed by atoms with Crippen LogP contribution in [-0.4, -0.2) is 15.4 Å². The molecule has 0 spiro atoms. The molecule has 1 aliphatic rings. The molecule has 1 fully saturated rings. The minimum Gasteiger partial charge on any atom is -0.325 e. The highest BCUT2D eigenvalue weighted by atomic mass is 35.5. The molecule has 1 unspecified atom stereocenters. The Kier molecular flexibility index (Phi) is 4.00. The number of hydrogen-bond donors (Lipinski definition) is 0. The number of imidazole rings is 1. The summed E-state index contributed by atoms with van der Waals surface area (Å²) in [5.74, 6) is 1.80. The third-order valence-corrected chi connectivity index (χ3v) is 4.97. The lowest BCUT2D eigenvalue weighted by atomic mass is 9.75. The first-order valence-electron chi connectivity index (χ1n) is 8.04. The van der Waals surface area contributed by atoms with Gasteiger partial charge in [-0.15, -0.1) is 11.6 Å². The minimum atomic E-state index is 0.433. The van der Waals surface area contributed by atoms with Gasteiger partial charge in [0.2, 0.25) is 0 Å². The number of rotatable bonds is 3. The van der Waals surface area contributed by atoms with Crippen LogP contribution in [0.25, 0.3) is 11.0 Å². The Morgan fingerprint density at radius 2 is 2.19 bits per heavy atom. The fourth-order valence-corrected chi connectivity index (χ4v) is 3.97. The first-order chi connectivity index (χ1) is 10.00. The van der Waals surface area contributed by atoms with E-state index in [9.17, 15) is 0 Å². The van der Waals surface area contributed by atoms with E-state index >= 15 is 0 Å². The zero-order chi connectivity index (χ0) is 15.0. The quantitative estimate of drug-likeness (QED) is 0.707. The number of fused-ring (bicyclic) bond motifs is 1. The summed E-state index contributed by atoms with van der Waals surface area (Å²) < 4.78 is 2.48. The van der Waals surface area contributed by atoms with Gasteiger partial charge >= 0.3 is 0 Å². The number of nitrogens with zero attached hydrogens (tertiary/aromatic N) is 2. The second-order valence-corrected chi connectivity index (χ2v) is 7.62. The van der Waals surface area contributed by atoms with Gasteiger partial charge in [-0.05, 0) is 49.3 Å². The molecular weight excluding hydrogens is 280 g/mol. The SMILES string of the molecule is Cc1ccc2c(c1)nc(CCCl)n2C1CCCC(C)(C)C1. The molecule has 1 saturated carbocycles. The van der Waals surface area contributed by atoms with Gasteiger partial charge in [0.15, 0.2) is 0 Å².